The van der Waals surface area contributed by atoms with E-state index in [0.29, 0.717) is 12.1 Å². The molecule has 1 fully saturated rings. The molecule has 0 aromatic carbocycles. The van der Waals surface area contributed by atoms with Gasteiger partial charge in [-0.3, -0.25) is 0 Å². The van der Waals surface area contributed by atoms with Crippen LogP contribution in [0.3, 0.4) is 0 Å². The molecular formula is C12H24ClNO. The van der Waals surface area contributed by atoms with E-state index in [2.05, 4.69) is 18.9 Å². The zero-order valence-electron chi connectivity index (χ0n) is 10.0. The summed E-state index contributed by atoms with van der Waals surface area (Å²) < 4.78 is 5.57. The second kappa shape index (κ2) is 7.48. The first-order chi connectivity index (χ1) is 7.25. The molecule has 1 rings (SSSR count). The van der Waals surface area contributed by atoms with Crippen molar-refractivity contribution in [1.82, 2.24) is 4.90 Å². The fourth-order valence-electron chi connectivity index (χ4n) is 2.27. The summed E-state index contributed by atoms with van der Waals surface area (Å²) in [7, 11) is 2.22. The largest absolute Gasteiger partial charge is 0.377 e. The summed E-state index contributed by atoms with van der Waals surface area (Å²) in [4.78, 5) is 2.46. The summed E-state index contributed by atoms with van der Waals surface area (Å²) in [6, 6.07) is 0.637. The molecule has 0 bridgehead atoms. The molecule has 0 amide bonds. The Hall–Kier alpha value is 0.210. The fraction of sp³-hybridized carbons (Fsp3) is 1.00. The van der Waals surface area contributed by atoms with Crippen molar-refractivity contribution in [3.05, 3.63) is 0 Å². The molecule has 1 saturated heterocycles. The zero-order valence-corrected chi connectivity index (χ0v) is 10.8. The highest BCUT2D eigenvalue weighted by Crippen LogP contribution is 2.18. The highest BCUT2D eigenvalue weighted by atomic mass is 35.5. The molecule has 90 valence electrons. The van der Waals surface area contributed by atoms with Crippen LogP contribution in [-0.4, -0.2) is 43.1 Å². The third-order valence-corrected chi connectivity index (χ3v) is 3.56. The number of likely N-dealkylation sites (N-methyl/N-ethyl adjacent to an activating group) is 1. The second-order valence-corrected chi connectivity index (χ2v) is 4.89. The Morgan fingerprint density at radius 3 is 2.60 bits per heavy atom. The maximum absolute atomic E-state index is 5.64. The van der Waals surface area contributed by atoms with Crippen LogP contribution in [0.25, 0.3) is 0 Å². The zero-order chi connectivity index (χ0) is 11.1. The predicted molar refractivity (Wildman–Crippen MR) is 65.6 cm³/mol. The van der Waals surface area contributed by atoms with Crippen molar-refractivity contribution >= 4 is 11.6 Å². The van der Waals surface area contributed by atoms with Crippen molar-refractivity contribution in [2.45, 2.75) is 51.2 Å². The lowest BCUT2D eigenvalue weighted by atomic mass is 10.1. The van der Waals surface area contributed by atoms with Gasteiger partial charge in [0.1, 0.15) is 0 Å². The van der Waals surface area contributed by atoms with Crippen LogP contribution in [0.2, 0.25) is 0 Å². The van der Waals surface area contributed by atoms with Crippen LogP contribution in [0.4, 0.5) is 0 Å². The third kappa shape index (κ3) is 4.71. The number of hydrogen-bond acceptors (Lipinski definition) is 2. The summed E-state index contributed by atoms with van der Waals surface area (Å²) in [5.74, 6) is 0.809. The molecule has 0 aliphatic carbocycles. The number of nitrogens with zero attached hydrogens (tertiary/aromatic N) is 1. The van der Waals surface area contributed by atoms with Gasteiger partial charge in [-0.05, 0) is 39.8 Å². The number of hydrogen-bond donors (Lipinski definition) is 0. The van der Waals surface area contributed by atoms with E-state index in [0.717, 1.165) is 18.9 Å². The average molecular weight is 234 g/mol. The highest BCUT2D eigenvalue weighted by molar-refractivity contribution is 6.17. The standard InChI is InChI=1S/C12H24ClNO/c1-11-12(7-10-15-11)14(2)9-6-4-3-5-8-13/h11-12H,3-10H2,1-2H3. The molecule has 0 radical (unpaired) electrons. The van der Waals surface area contributed by atoms with Gasteiger partial charge in [0.05, 0.1) is 6.10 Å². The van der Waals surface area contributed by atoms with E-state index in [1.165, 1.54) is 32.2 Å². The van der Waals surface area contributed by atoms with Crippen molar-refractivity contribution in [2.24, 2.45) is 0 Å². The molecule has 0 spiro atoms. The number of alkyl halides is 1. The average Bonchev–Trinajstić information content (AvgIpc) is 2.64. The van der Waals surface area contributed by atoms with Gasteiger partial charge in [0.15, 0.2) is 0 Å². The molecule has 2 nitrogen and oxygen atoms in total. The minimum atomic E-state index is 0.415. The summed E-state index contributed by atoms with van der Waals surface area (Å²) >= 11 is 5.64. The Morgan fingerprint density at radius 1 is 1.27 bits per heavy atom. The molecule has 0 aromatic heterocycles. The first kappa shape index (κ1) is 13.3. The van der Waals surface area contributed by atoms with Gasteiger partial charge in [-0.2, -0.15) is 0 Å². The molecule has 15 heavy (non-hydrogen) atoms. The summed E-state index contributed by atoms with van der Waals surface area (Å²) in [5.41, 5.74) is 0. The van der Waals surface area contributed by atoms with Crippen molar-refractivity contribution in [3.8, 4) is 0 Å². The Morgan fingerprint density at radius 2 is 2.00 bits per heavy atom. The lowest BCUT2D eigenvalue weighted by Gasteiger charge is -2.26. The Kier molecular flexibility index (Phi) is 6.62. The van der Waals surface area contributed by atoms with Gasteiger partial charge in [-0.25, -0.2) is 0 Å². The molecular weight excluding hydrogens is 210 g/mol. The van der Waals surface area contributed by atoms with Crippen molar-refractivity contribution in [3.63, 3.8) is 0 Å². The molecule has 0 N–H and O–H groups in total. The maximum Gasteiger partial charge on any atom is 0.0702 e. The third-order valence-electron chi connectivity index (χ3n) is 3.30. The molecule has 0 aromatic rings. The molecule has 0 saturated carbocycles. The van der Waals surface area contributed by atoms with Gasteiger partial charge in [0, 0.05) is 18.5 Å². The smallest absolute Gasteiger partial charge is 0.0702 e. The van der Waals surface area contributed by atoms with E-state index in [1.54, 1.807) is 0 Å². The molecule has 1 aliphatic heterocycles. The van der Waals surface area contributed by atoms with Gasteiger partial charge in [-0.1, -0.05) is 12.8 Å². The fourth-order valence-corrected chi connectivity index (χ4v) is 2.46. The number of ether oxygens (including phenoxy) is 1. The van der Waals surface area contributed by atoms with E-state index in [-0.39, 0.29) is 0 Å². The second-order valence-electron chi connectivity index (χ2n) is 4.52. The Bertz CT molecular complexity index is 166. The van der Waals surface area contributed by atoms with E-state index >= 15 is 0 Å². The van der Waals surface area contributed by atoms with E-state index in [9.17, 15) is 0 Å². The monoisotopic (exact) mass is 233 g/mol. The Balaban J connectivity index is 2.05. The molecule has 3 heteroatoms. The highest BCUT2D eigenvalue weighted by Gasteiger charge is 2.27. The minimum absolute atomic E-state index is 0.415. The topological polar surface area (TPSA) is 12.5 Å². The molecule has 2 atom stereocenters. The van der Waals surface area contributed by atoms with E-state index < -0.39 is 0 Å². The molecule has 2 unspecified atom stereocenters. The van der Waals surface area contributed by atoms with Crippen molar-refractivity contribution < 1.29 is 4.74 Å². The normalized spacial score (nSPS) is 26.4. The SMILES string of the molecule is CC1OCCC1N(C)CCCCCCCl. The van der Waals surface area contributed by atoms with Crippen LogP contribution in [-0.2, 0) is 4.74 Å². The molecule has 1 aliphatic rings. The minimum Gasteiger partial charge on any atom is -0.377 e. The van der Waals surface area contributed by atoms with Crippen molar-refractivity contribution in [1.29, 1.82) is 0 Å². The lowest BCUT2D eigenvalue weighted by Crippen LogP contribution is -2.37. The van der Waals surface area contributed by atoms with Gasteiger partial charge >= 0.3 is 0 Å². The van der Waals surface area contributed by atoms with E-state index in [4.69, 9.17) is 16.3 Å². The summed E-state index contributed by atoms with van der Waals surface area (Å²) in [5, 5.41) is 0. The number of rotatable bonds is 7. The Labute approximate surface area is 98.9 Å². The molecule has 1 heterocycles. The van der Waals surface area contributed by atoms with Gasteiger partial charge in [0.2, 0.25) is 0 Å². The maximum atomic E-state index is 5.64. The van der Waals surface area contributed by atoms with Crippen LogP contribution in [0.1, 0.15) is 39.0 Å². The first-order valence-corrected chi connectivity index (χ1v) is 6.67. The van der Waals surface area contributed by atoms with Crippen molar-refractivity contribution in [2.75, 3.05) is 26.1 Å². The van der Waals surface area contributed by atoms with Crippen LogP contribution in [0, 0.1) is 0 Å². The quantitative estimate of drug-likeness (QED) is 0.495. The predicted octanol–water partition coefficient (Wildman–Crippen LogP) is 2.89. The van der Waals surface area contributed by atoms with Crippen LogP contribution >= 0.6 is 11.6 Å². The summed E-state index contributed by atoms with van der Waals surface area (Å²) in [6.07, 6.45) is 6.63. The van der Waals surface area contributed by atoms with E-state index in [1.807, 2.05) is 0 Å². The van der Waals surface area contributed by atoms with Crippen LogP contribution in [0.5, 0.6) is 0 Å². The lowest BCUT2D eigenvalue weighted by molar-refractivity contribution is 0.0831. The van der Waals surface area contributed by atoms with Crippen LogP contribution in [0.15, 0.2) is 0 Å². The van der Waals surface area contributed by atoms with Gasteiger partial charge in [0.25, 0.3) is 0 Å². The summed E-state index contributed by atoms with van der Waals surface area (Å²) in [6.45, 7) is 4.31. The van der Waals surface area contributed by atoms with Gasteiger partial charge < -0.3 is 9.64 Å². The van der Waals surface area contributed by atoms with Crippen LogP contribution < -0.4 is 0 Å². The van der Waals surface area contributed by atoms with Gasteiger partial charge in [-0.15, -0.1) is 11.6 Å². The number of unbranched alkanes of at least 4 members (excludes halogenated alkanes) is 3. The first-order valence-electron chi connectivity index (χ1n) is 6.13. The number of halogens is 1.